The molecule has 0 aromatic heterocycles. The number of benzene rings is 1. The number of ether oxygens (including phenoxy) is 1. The van der Waals surface area contributed by atoms with E-state index in [9.17, 15) is 4.79 Å². The Kier molecular flexibility index (Phi) is 10.7. The first-order chi connectivity index (χ1) is 13.4. The van der Waals surface area contributed by atoms with E-state index >= 15 is 0 Å². The largest absolute Gasteiger partial charge is 0.497 e. The maximum Gasteiger partial charge on any atom is 0.227 e. The quantitative estimate of drug-likeness (QED) is 0.281. The van der Waals surface area contributed by atoms with Crippen molar-refractivity contribution < 1.29 is 9.53 Å². The zero-order chi connectivity index (χ0) is 20.6. The monoisotopic (exact) mass is 517 g/mol. The Morgan fingerprint density at radius 2 is 1.97 bits per heavy atom. The Morgan fingerprint density at radius 3 is 2.55 bits per heavy atom. The highest BCUT2D eigenvalue weighted by atomic mass is 127. The summed E-state index contributed by atoms with van der Waals surface area (Å²) in [6.45, 7) is 7.25. The molecule has 1 aliphatic rings. The lowest BCUT2D eigenvalue weighted by Gasteiger charge is -2.30. The van der Waals surface area contributed by atoms with Gasteiger partial charge in [-0.15, -0.1) is 24.0 Å². The van der Waals surface area contributed by atoms with Crippen molar-refractivity contribution in [3.05, 3.63) is 29.8 Å². The molecule has 7 nitrogen and oxygen atoms in total. The van der Waals surface area contributed by atoms with E-state index in [2.05, 4.69) is 38.0 Å². The third-order valence-electron chi connectivity index (χ3n) is 5.29. The Morgan fingerprint density at radius 1 is 1.28 bits per heavy atom. The fourth-order valence-corrected chi connectivity index (χ4v) is 3.50. The highest BCUT2D eigenvalue weighted by Gasteiger charge is 2.27. The summed E-state index contributed by atoms with van der Waals surface area (Å²) in [5.74, 6) is 1.57. The van der Waals surface area contributed by atoms with Crippen molar-refractivity contribution in [3.63, 3.8) is 0 Å². The molecule has 1 amide bonds. The number of rotatable bonds is 8. The number of aliphatic imine (C=N–C) groups is 1. The molecule has 0 saturated carbocycles. The van der Waals surface area contributed by atoms with Crippen LogP contribution in [0.4, 0.5) is 0 Å². The van der Waals surface area contributed by atoms with Gasteiger partial charge in [-0.25, -0.2) is 0 Å². The summed E-state index contributed by atoms with van der Waals surface area (Å²) in [6.07, 6.45) is 2.46. The van der Waals surface area contributed by atoms with Gasteiger partial charge in [0, 0.05) is 27.2 Å². The van der Waals surface area contributed by atoms with Gasteiger partial charge >= 0.3 is 0 Å². The van der Waals surface area contributed by atoms with E-state index < -0.39 is 5.41 Å². The summed E-state index contributed by atoms with van der Waals surface area (Å²) in [5, 5.41) is 9.43. The Hall–Kier alpha value is -1.55. The molecule has 1 atom stereocenters. The predicted octanol–water partition coefficient (Wildman–Crippen LogP) is 2.39. The third kappa shape index (κ3) is 7.33. The van der Waals surface area contributed by atoms with E-state index in [1.807, 2.05) is 26.0 Å². The Labute approximate surface area is 192 Å². The van der Waals surface area contributed by atoms with Crippen molar-refractivity contribution in [3.8, 4) is 5.75 Å². The summed E-state index contributed by atoms with van der Waals surface area (Å²) < 4.78 is 5.41. The lowest BCUT2D eigenvalue weighted by Crippen LogP contribution is -2.48. The molecule has 29 heavy (non-hydrogen) atoms. The van der Waals surface area contributed by atoms with Crippen LogP contribution in [-0.2, 0) is 4.79 Å². The molecule has 3 N–H and O–H groups in total. The number of methoxy groups -OCH3 is 1. The second-order valence-corrected chi connectivity index (χ2v) is 7.81. The van der Waals surface area contributed by atoms with E-state index in [4.69, 9.17) is 4.74 Å². The van der Waals surface area contributed by atoms with Crippen LogP contribution in [0.1, 0.15) is 38.3 Å². The molecule has 1 aliphatic heterocycles. The van der Waals surface area contributed by atoms with Crippen LogP contribution in [0.5, 0.6) is 5.75 Å². The molecular weight excluding hydrogens is 481 g/mol. The fraction of sp³-hybridized carbons (Fsp3) is 0.619. The number of amides is 1. The van der Waals surface area contributed by atoms with Crippen LogP contribution in [0.15, 0.2) is 29.3 Å². The van der Waals surface area contributed by atoms with E-state index in [-0.39, 0.29) is 35.9 Å². The molecule has 1 heterocycles. The van der Waals surface area contributed by atoms with Crippen LogP contribution >= 0.6 is 24.0 Å². The first kappa shape index (κ1) is 25.5. The second-order valence-electron chi connectivity index (χ2n) is 7.81. The molecule has 8 heteroatoms. The number of hydrogen-bond donors (Lipinski definition) is 3. The minimum Gasteiger partial charge on any atom is -0.497 e. The first-order valence-electron chi connectivity index (χ1n) is 9.96. The molecule has 1 saturated heterocycles. The molecule has 0 bridgehead atoms. The Bertz CT molecular complexity index is 675. The van der Waals surface area contributed by atoms with Crippen LogP contribution < -0.4 is 20.7 Å². The molecule has 1 unspecified atom stereocenters. The molecule has 0 aliphatic carbocycles. The average Bonchev–Trinajstić information content (AvgIpc) is 3.24. The average molecular weight is 517 g/mol. The number of hydrogen-bond acceptors (Lipinski definition) is 4. The predicted molar refractivity (Wildman–Crippen MR) is 129 cm³/mol. The van der Waals surface area contributed by atoms with Gasteiger partial charge in [-0.05, 0) is 57.5 Å². The van der Waals surface area contributed by atoms with Gasteiger partial charge in [0.25, 0.3) is 0 Å². The van der Waals surface area contributed by atoms with Gasteiger partial charge in [0.15, 0.2) is 5.96 Å². The van der Waals surface area contributed by atoms with Gasteiger partial charge in [0.1, 0.15) is 5.75 Å². The van der Waals surface area contributed by atoms with Crippen LogP contribution in [-0.4, -0.2) is 64.2 Å². The number of guanidine groups is 1. The van der Waals surface area contributed by atoms with Gasteiger partial charge in [0.05, 0.1) is 18.6 Å². The zero-order valence-corrected chi connectivity index (χ0v) is 20.6. The normalized spacial score (nSPS) is 16.0. The maximum atomic E-state index is 12.0. The zero-order valence-electron chi connectivity index (χ0n) is 18.2. The lowest BCUT2D eigenvalue weighted by atomic mass is 9.92. The summed E-state index contributed by atoms with van der Waals surface area (Å²) in [6, 6.07) is 8.51. The summed E-state index contributed by atoms with van der Waals surface area (Å²) in [7, 11) is 5.10. The van der Waals surface area contributed by atoms with Gasteiger partial charge in [0.2, 0.25) is 5.91 Å². The molecule has 164 valence electrons. The first-order valence-corrected chi connectivity index (χ1v) is 9.96. The van der Waals surface area contributed by atoms with Crippen LogP contribution in [0, 0.1) is 5.41 Å². The standard InChI is InChI=1S/C21H35N5O2.HI/c1-21(2,19(27)22-3)15-25-20(23-4)24-14-18(26-11-6-7-12-26)16-9-8-10-17(13-16)28-5;/h8-10,13,18H,6-7,11-12,14-15H2,1-5H3,(H,22,27)(H2,23,24,25);1H. The Balaban J connectivity index is 0.00000420. The number of nitrogens with zero attached hydrogens (tertiary/aromatic N) is 2. The molecule has 0 spiro atoms. The molecular formula is C21H36IN5O2. The van der Waals surface area contributed by atoms with E-state index in [0.29, 0.717) is 12.5 Å². The van der Waals surface area contributed by atoms with Crippen LogP contribution in [0.3, 0.4) is 0 Å². The van der Waals surface area contributed by atoms with Crippen molar-refractivity contribution in [1.29, 1.82) is 0 Å². The highest BCUT2D eigenvalue weighted by molar-refractivity contribution is 14.0. The fourth-order valence-electron chi connectivity index (χ4n) is 3.50. The topological polar surface area (TPSA) is 78.0 Å². The SMILES string of the molecule is CN=C(NCC(c1cccc(OC)c1)N1CCCC1)NCC(C)(C)C(=O)NC.I. The smallest absolute Gasteiger partial charge is 0.227 e. The summed E-state index contributed by atoms with van der Waals surface area (Å²) >= 11 is 0. The lowest BCUT2D eigenvalue weighted by molar-refractivity contribution is -0.128. The van der Waals surface area contributed by atoms with Gasteiger partial charge in [-0.1, -0.05) is 12.1 Å². The van der Waals surface area contributed by atoms with Crippen LogP contribution in [0.2, 0.25) is 0 Å². The van der Waals surface area contributed by atoms with Gasteiger partial charge < -0.3 is 20.7 Å². The number of carbonyl (C=O) groups excluding carboxylic acids is 1. The van der Waals surface area contributed by atoms with E-state index in [1.165, 1.54) is 18.4 Å². The van der Waals surface area contributed by atoms with E-state index in [0.717, 1.165) is 25.4 Å². The van der Waals surface area contributed by atoms with Crippen LogP contribution in [0.25, 0.3) is 0 Å². The molecule has 1 aromatic rings. The van der Waals surface area contributed by atoms with Crippen molar-refractivity contribution in [2.45, 2.75) is 32.7 Å². The molecule has 1 aromatic carbocycles. The van der Waals surface area contributed by atoms with Crippen molar-refractivity contribution in [2.24, 2.45) is 10.4 Å². The minimum absolute atomic E-state index is 0. The molecule has 2 rings (SSSR count). The second kappa shape index (κ2) is 12.2. The number of nitrogens with one attached hydrogen (secondary N) is 3. The van der Waals surface area contributed by atoms with Crippen molar-refractivity contribution in [1.82, 2.24) is 20.9 Å². The third-order valence-corrected chi connectivity index (χ3v) is 5.29. The number of carbonyl (C=O) groups is 1. The van der Waals surface area contributed by atoms with Gasteiger partial charge in [-0.2, -0.15) is 0 Å². The summed E-state index contributed by atoms with van der Waals surface area (Å²) in [5.41, 5.74) is 0.711. The van der Waals surface area contributed by atoms with Crippen molar-refractivity contribution >= 4 is 35.8 Å². The van der Waals surface area contributed by atoms with E-state index in [1.54, 1.807) is 21.2 Å². The number of halogens is 1. The molecule has 1 fully saturated rings. The van der Waals surface area contributed by atoms with Gasteiger partial charge in [-0.3, -0.25) is 14.7 Å². The maximum absolute atomic E-state index is 12.0. The number of likely N-dealkylation sites (tertiary alicyclic amines) is 1. The highest BCUT2D eigenvalue weighted by Crippen LogP contribution is 2.27. The summed E-state index contributed by atoms with van der Waals surface area (Å²) in [4.78, 5) is 18.8. The molecule has 0 radical (unpaired) electrons. The minimum atomic E-state index is -0.520. The van der Waals surface area contributed by atoms with Crippen molar-refractivity contribution in [2.75, 3.05) is 47.4 Å².